The van der Waals surface area contributed by atoms with Crippen LogP contribution in [0.1, 0.15) is 39.9 Å². The lowest BCUT2D eigenvalue weighted by Crippen LogP contribution is -2.25. The van der Waals surface area contributed by atoms with E-state index in [1.165, 1.54) is 11.8 Å². The first kappa shape index (κ1) is 16.4. The minimum absolute atomic E-state index is 0.0406. The van der Waals surface area contributed by atoms with Crippen LogP contribution in [0.25, 0.3) is 0 Å². The summed E-state index contributed by atoms with van der Waals surface area (Å²) < 4.78 is 0.754. The third-order valence-electron chi connectivity index (χ3n) is 2.27. The van der Waals surface area contributed by atoms with Gasteiger partial charge in [-0.2, -0.15) is 0 Å². The van der Waals surface area contributed by atoms with Crippen LogP contribution in [0.3, 0.4) is 0 Å². The van der Waals surface area contributed by atoms with E-state index in [4.69, 9.17) is 0 Å². The number of rotatable bonds is 5. The van der Waals surface area contributed by atoms with Crippen molar-refractivity contribution in [3.63, 3.8) is 0 Å². The van der Waals surface area contributed by atoms with E-state index in [0.717, 1.165) is 28.4 Å². The summed E-state index contributed by atoms with van der Waals surface area (Å²) in [7, 11) is 0. The van der Waals surface area contributed by atoms with Crippen LogP contribution in [0.15, 0.2) is 15.7 Å². The van der Waals surface area contributed by atoms with Crippen molar-refractivity contribution in [3.05, 3.63) is 16.5 Å². The fraction of sp³-hybridized carbons (Fsp3) is 0.615. The van der Waals surface area contributed by atoms with E-state index in [-0.39, 0.29) is 11.3 Å². The molecule has 0 aliphatic rings. The summed E-state index contributed by atoms with van der Waals surface area (Å²) >= 11 is 4.82. The first-order valence-corrected chi connectivity index (χ1v) is 8.05. The van der Waals surface area contributed by atoms with Crippen molar-refractivity contribution in [1.29, 1.82) is 0 Å². The molecule has 4 nitrogen and oxygen atoms in total. The molecule has 1 aromatic rings. The van der Waals surface area contributed by atoms with E-state index in [9.17, 15) is 4.79 Å². The molecule has 0 aromatic carbocycles. The van der Waals surface area contributed by atoms with Crippen LogP contribution < -0.4 is 5.32 Å². The minimum atomic E-state index is -0.108. The first-order valence-electron chi connectivity index (χ1n) is 6.27. The lowest BCUT2D eigenvalue weighted by atomic mass is 9.96. The highest BCUT2D eigenvalue weighted by atomic mass is 79.9. The van der Waals surface area contributed by atoms with Crippen molar-refractivity contribution >= 4 is 33.6 Å². The second-order valence-corrected chi connectivity index (χ2v) is 7.05. The molecule has 1 N–H and O–H groups in total. The van der Waals surface area contributed by atoms with Crippen LogP contribution in [0.4, 0.5) is 0 Å². The molecular formula is C13H20BrN3OS. The van der Waals surface area contributed by atoms with Gasteiger partial charge in [0, 0.05) is 18.0 Å². The molecular weight excluding hydrogens is 326 g/mol. The van der Waals surface area contributed by atoms with Crippen LogP contribution in [-0.2, 0) is 10.2 Å². The Morgan fingerprint density at radius 1 is 1.42 bits per heavy atom. The molecule has 1 aromatic heterocycles. The number of hydrogen-bond acceptors (Lipinski definition) is 4. The molecule has 0 radical (unpaired) electrons. The topological polar surface area (TPSA) is 54.9 Å². The third-order valence-corrected chi connectivity index (χ3v) is 3.58. The molecule has 0 atom stereocenters. The molecule has 19 heavy (non-hydrogen) atoms. The molecule has 0 bridgehead atoms. The Kier molecular flexibility index (Phi) is 6.26. The Bertz CT molecular complexity index is 446. The predicted octanol–water partition coefficient (Wildman–Crippen LogP) is 3.15. The molecule has 0 aliphatic carbocycles. The van der Waals surface area contributed by atoms with Crippen molar-refractivity contribution in [1.82, 2.24) is 15.3 Å². The van der Waals surface area contributed by atoms with Gasteiger partial charge < -0.3 is 5.32 Å². The number of thioether (sulfide) groups is 1. The molecule has 1 amide bonds. The van der Waals surface area contributed by atoms with Crippen molar-refractivity contribution in [2.45, 2.75) is 44.6 Å². The molecule has 106 valence electrons. The second-order valence-electron chi connectivity index (χ2n) is 5.24. The number of nitrogens with zero attached hydrogens (tertiary/aromatic N) is 2. The van der Waals surface area contributed by atoms with Crippen LogP contribution in [0.5, 0.6) is 0 Å². The summed E-state index contributed by atoms with van der Waals surface area (Å²) in [5, 5.41) is 3.67. The van der Waals surface area contributed by atoms with Gasteiger partial charge in [0.25, 0.3) is 0 Å². The van der Waals surface area contributed by atoms with E-state index >= 15 is 0 Å². The molecule has 0 spiro atoms. The van der Waals surface area contributed by atoms with E-state index in [1.54, 1.807) is 0 Å². The van der Waals surface area contributed by atoms with Crippen LogP contribution >= 0.6 is 27.7 Å². The largest absolute Gasteiger partial charge is 0.355 e. The van der Waals surface area contributed by atoms with E-state index in [2.05, 4.69) is 52.0 Å². The van der Waals surface area contributed by atoms with E-state index in [0.29, 0.717) is 5.75 Å². The van der Waals surface area contributed by atoms with Crippen LogP contribution in [0.2, 0.25) is 0 Å². The zero-order valence-electron chi connectivity index (χ0n) is 11.8. The number of carbonyl (C=O) groups is 1. The molecule has 1 rings (SSSR count). The zero-order valence-corrected chi connectivity index (χ0v) is 14.2. The fourth-order valence-electron chi connectivity index (χ4n) is 1.26. The summed E-state index contributed by atoms with van der Waals surface area (Å²) in [6.45, 7) is 8.95. The summed E-state index contributed by atoms with van der Waals surface area (Å²) in [6, 6.07) is 1.84. The Morgan fingerprint density at radius 2 is 2.11 bits per heavy atom. The summed E-state index contributed by atoms with van der Waals surface area (Å²) in [6.07, 6.45) is 0.948. The lowest BCUT2D eigenvalue weighted by molar-refractivity contribution is -0.118. The fourth-order valence-corrected chi connectivity index (χ4v) is 2.52. The summed E-state index contributed by atoms with van der Waals surface area (Å²) in [5.41, 5.74) is -0.108. The smallest absolute Gasteiger partial charge is 0.230 e. The number of hydrogen-bond donors (Lipinski definition) is 1. The van der Waals surface area contributed by atoms with Crippen molar-refractivity contribution in [2.75, 3.05) is 12.3 Å². The highest BCUT2D eigenvalue weighted by Gasteiger charge is 2.19. The van der Waals surface area contributed by atoms with E-state index in [1.807, 2.05) is 13.0 Å². The van der Waals surface area contributed by atoms with Gasteiger partial charge in [0.05, 0.1) is 5.75 Å². The summed E-state index contributed by atoms with van der Waals surface area (Å²) in [5.74, 6) is 1.20. The van der Waals surface area contributed by atoms with Gasteiger partial charge in [0.15, 0.2) is 0 Å². The van der Waals surface area contributed by atoms with Gasteiger partial charge >= 0.3 is 0 Å². The van der Waals surface area contributed by atoms with Crippen molar-refractivity contribution in [3.8, 4) is 0 Å². The Labute approximate surface area is 127 Å². The molecule has 0 saturated carbocycles. The SMILES string of the molecule is CCCNC(=O)CSc1cc(Br)nc(C(C)(C)C)n1. The van der Waals surface area contributed by atoms with Gasteiger partial charge in [0.1, 0.15) is 15.5 Å². The number of carbonyl (C=O) groups excluding carboxylic acids is 1. The van der Waals surface area contributed by atoms with Gasteiger partial charge in [-0.05, 0) is 22.4 Å². The average Bonchev–Trinajstić information content (AvgIpc) is 2.32. The van der Waals surface area contributed by atoms with Gasteiger partial charge in [0.2, 0.25) is 5.91 Å². The highest BCUT2D eigenvalue weighted by Crippen LogP contribution is 2.24. The maximum absolute atomic E-state index is 11.6. The predicted molar refractivity (Wildman–Crippen MR) is 82.5 cm³/mol. The Hall–Kier alpha value is -0.620. The number of halogens is 1. The monoisotopic (exact) mass is 345 g/mol. The normalized spacial score (nSPS) is 11.4. The number of nitrogens with one attached hydrogen (secondary N) is 1. The third kappa shape index (κ3) is 5.91. The minimum Gasteiger partial charge on any atom is -0.355 e. The Morgan fingerprint density at radius 3 is 2.68 bits per heavy atom. The van der Waals surface area contributed by atoms with Gasteiger partial charge in [-0.25, -0.2) is 9.97 Å². The van der Waals surface area contributed by atoms with E-state index < -0.39 is 0 Å². The quantitative estimate of drug-likeness (QED) is 0.657. The van der Waals surface area contributed by atoms with Crippen molar-refractivity contribution < 1.29 is 4.79 Å². The maximum Gasteiger partial charge on any atom is 0.230 e. The lowest BCUT2D eigenvalue weighted by Gasteiger charge is -2.17. The maximum atomic E-state index is 11.6. The van der Waals surface area contributed by atoms with Crippen LogP contribution in [-0.4, -0.2) is 28.2 Å². The molecule has 1 heterocycles. The highest BCUT2D eigenvalue weighted by molar-refractivity contribution is 9.10. The summed E-state index contributed by atoms with van der Waals surface area (Å²) in [4.78, 5) is 20.4. The first-order chi connectivity index (χ1) is 8.82. The molecule has 6 heteroatoms. The van der Waals surface area contributed by atoms with Crippen molar-refractivity contribution in [2.24, 2.45) is 0 Å². The number of amides is 1. The average molecular weight is 346 g/mol. The Balaban J connectivity index is 2.69. The van der Waals surface area contributed by atoms with Crippen LogP contribution in [0, 0.1) is 0 Å². The molecule has 0 fully saturated rings. The van der Waals surface area contributed by atoms with Gasteiger partial charge in [-0.1, -0.05) is 39.5 Å². The van der Waals surface area contributed by atoms with Gasteiger partial charge in [-0.15, -0.1) is 0 Å². The van der Waals surface area contributed by atoms with Gasteiger partial charge in [-0.3, -0.25) is 4.79 Å². The molecule has 0 saturated heterocycles. The second kappa shape index (κ2) is 7.24. The zero-order chi connectivity index (χ0) is 14.5. The molecule has 0 unspecified atom stereocenters. The number of aromatic nitrogens is 2. The standard InChI is InChI=1S/C13H20BrN3OS/c1-5-6-15-10(18)8-19-11-7-9(14)16-12(17-11)13(2,3)4/h7H,5-6,8H2,1-4H3,(H,15,18). The molecule has 0 aliphatic heterocycles.